The fourth-order valence-electron chi connectivity index (χ4n) is 9.70. The van der Waals surface area contributed by atoms with Crippen LogP contribution in [-0.4, -0.2) is 37.2 Å². The zero-order valence-corrected chi connectivity index (χ0v) is 51.2. The van der Waals surface area contributed by atoms with Crippen LogP contribution in [0.3, 0.4) is 0 Å². The van der Waals surface area contributed by atoms with Gasteiger partial charge in [-0.2, -0.15) is 0 Å². The van der Waals surface area contributed by atoms with E-state index in [2.05, 4.69) is 93.7 Å². The lowest BCUT2D eigenvalue weighted by Gasteiger charge is -2.18. The molecular formula is C71H126O6. The van der Waals surface area contributed by atoms with Gasteiger partial charge >= 0.3 is 17.9 Å². The second-order valence-corrected chi connectivity index (χ2v) is 22.4. The van der Waals surface area contributed by atoms with Crippen molar-refractivity contribution in [2.75, 3.05) is 13.2 Å². The fourth-order valence-corrected chi connectivity index (χ4v) is 9.70. The number of esters is 3. The molecule has 446 valence electrons. The van der Waals surface area contributed by atoms with Crippen molar-refractivity contribution >= 4 is 17.9 Å². The summed E-state index contributed by atoms with van der Waals surface area (Å²) >= 11 is 0. The van der Waals surface area contributed by atoms with E-state index in [9.17, 15) is 14.4 Å². The summed E-state index contributed by atoms with van der Waals surface area (Å²) in [4.78, 5) is 38.4. The molecule has 0 heterocycles. The normalized spacial score (nSPS) is 12.5. The van der Waals surface area contributed by atoms with Gasteiger partial charge < -0.3 is 14.2 Å². The molecule has 77 heavy (non-hydrogen) atoms. The average Bonchev–Trinajstić information content (AvgIpc) is 3.43. The minimum atomic E-state index is -0.776. The van der Waals surface area contributed by atoms with Crippen molar-refractivity contribution in [3.05, 3.63) is 72.9 Å². The van der Waals surface area contributed by atoms with Gasteiger partial charge in [-0.15, -0.1) is 0 Å². The Morgan fingerprint density at radius 2 is 0.506 bits per heavy atom. The monoisotopic (exact) mass is 1070 g/mol. The minimum absolute atomic E-state index is 0.0725. The summed E-state index contributed by atoms with van der Waals surface area (Å²) < 4.78 is 17.0. The molecular weight excluding hydrogens is 949 g/mol. The molecule has 6 heteroatoms. The van der Waals surface area contributed by atoms with E-state index in [4.69, 9.17) is 14.2 Å². The van der Waals surface area contributed by atoms with Crippen molar-refractivity contribution in [2.45, 2.75) is 348 Å². The van der Waals surface area contributed by atoms with Crippen LogP contribution in [0.4, 0.5) is 0 Å². The van der Waals surface area contributed by atoms with Crippen molar-refractivity contribution in [2.24, 2.45) is 0 Å². The second kappa shape index (κ2) is 65.4. The van der Waals surface area contributed by atoms with Crippen LogP contribution in [0.25, 0.3) is 0 Å². The maximum absolute atomic E-state index is 12.9. The fraction of sp³-hybridized carbons (Fsp3) is 0.789. The van der Waals surface area contributed by atoms with Crippen molar-refractivity contribution in [1.29, 1.82) is 0 Å². The van der Waals surface area contributed by atoms with E-state index in [1.807, 2.05) is 0 Å². The molecule has 0 aliphatic heterocycles. The molecule has 1 atom stereocenters. The lowest BCUT2D eigenvalue weighted by Crippen LogP contribution is -2.30. The summed E-state index contributed by atoms with van der Waals surface area (Å²) in [6.07, 6.45) is 84.8. The highest BCUT2D eigenvalue weighted by Gasteiger charge is 2.19. The van der Waals surface area contributed by atoms with E-state index in [1.54, 1.807) is 0 Å². The standard InChI is InChI=1S/C71H126O6/c1-4-7-10-13-16-19-22-25-27-29-31-32-33-34-35-36-37-38-40-41-43-46-49-52-55-58-61-64-70(73)76-67-68(66-75-69(72)63-60-57-54-51-48-45-24-21-18-15-12-9-6-3)77-71(74)65-62-59-56-53-50-47-44-42-39-30-28-26-23-20-17-14-11-8-5-2/h7,10,16-17,19-20,25-28,31-32,68H,4-6,8-9,11-15,18,21-24,29-30,33-67H2,1-3H3/b10-7-,19-16-,20-17-,27-25-,28-26-,32-31-. The SMILES string of the molecule is CC/C=C\C/C=C\C/C=C\C/C=C\CCCCCCCCCCCCCCCCC(=O)OCC(COC(=O)CCCCCCCCCCCCCCC)OC(=O)CCCCCCCCCCC/C=C\C/C=C\CCCCC. The summed E-state index contributed by atoms with van der Waals surface area (Å²) in [6.45, 7) is 6.55. The third kappa shape index (κ3) is 63.6. The average molecular weight is 1080 g/mol. The maximum atomic E-state index is 12.9. The number of carbonyl (C=O) groups is 3. The Balaban J connectivity index is 4.25. The molecule has 0 fully saturated rings. The lowest BCUT2D eigenvalue weighted by molar-refractivity contribution is -0.167. The molecule has 0 saturated heterocycles. The van der Waals surface area contributed by atoms with Crippen LogP contribution in [-0.2, 0) is 28.6 Å². The first-order chi connectivity index (χ1) is 38.0. The van der Waals surface area contributed by atoms with Gasteiger partial charge in [0.05, 0.1) is 0 Å². The van der Waals surface area contributed by atoms with Crippen LogP contribution >= 0.6 is 0 Å². The van der Waals surface area contributed by atoms with Crippen LogP contribution in [0.5, 0.6) is 0 Å². The molecule has 1 unspecified atom stereocenters. The number of hydrogen-bond donors (Lipinski definition) is 0. The zero-order valence-electron chi connectivity index (χ0n) is 51.2. The van der Waals surface area contributed by atoms with E-state index in [0.29, 0.717) is 19.3 Å². The number of carbonyl (C=O) groups excluding carboxylic acids is 3. The number of rotatable bonds is 61. The summed E-state index contributed by atoms with van der Waals surface area (Å²) in [7, 11) is 0. The quantitative estimate of drug-likeness (QED) is 0.0261. The maximum Gasteiger partial charge on any atom is 0.306 e. The van der Waals surface area contributed by atoms with Crippen molar-refractivity contribution in [1.82, 2.24) is 0 Å². The van der Waals surface area contributed by atoms with E-state index >= 15 is 0 Å². The van der Waals surface area contributed by atoms with Gasteiger partial charge in [0.25, 0.3) is 0 Å². The Kier molecular flexibility index (Phi) is 62.7. The Bertz CT molecular complexity index is 1420. The van der Waals surface area contributed by atoms with Crippen molar-refractivity contribution in [3.63, 3.8) is 0 Å². The third-order valence-electron chi connectivity index (χ3n) is 14.7. The molecule has 0 aromatic carbocycles. The lowest BCUT2D eigenvalue weighted by atomic mass is 10.0. The molecule has 0 aromatic heterocycles. The van der Waals surface area contributed by atoms with E-state index in [1.165, 1.54) is 212 Å². The Morgan fingerprint density at radius 1 is 0.273 bits per heavy atom. The summed E-state index contributed by atoms with van der Waals surface area (Å²) in [5, 5.41) is 0. The first-order valence-corrected chi connectivity index (χ1v) is 33.4. The van der Waals surface area contributed by atoms with E-state index in [0.717, 1.165) is 89.9 Å². The Labute approximate surface area is 478 Å². The molecule has 0 bridgehead atoms. The number of unbranched alkanes of at least 4 members (excludes halogenated alkanes) is 38. The van der Waals surface area contributed by atoms with Crippen molar-refractivity contribution < 1.29 is 28.6 Å². The third-order valence-corrected chi connectivity index (χ3v) is 14.7. The number of ether oxygens (including phenoxy) is 3. The molecule has 0 spiro atoms. The number of allylic oxidation sites excluding steroid dienone is 12. The van der Waals surface area contributed by atoms with Crippen molar-refractivity contribution in [3.8, 4) is 0 Å². The molecule has 0 saturated carbocycles. The van der Waals surface area contributed by atoms with Crippen LogP contribution < -0.4 is 0 Å². The Morgan fingerprint density at radius 3 is 0.818 bits per heavy atom. The summed E-state index contributed by atoms with van der Waals surface area (Å²) in [5.74, 6) is -0.858. The molecule has 0 N–H and O–H groups in total. The largest absolute Gasteiger partial charge is 0.462 e. The molecule has 0 radical (unpaired) electrons. The highest BCUT2D eigenvalue weighted by Crippen LogP contribution is 2.17. The van der Waals surface area contributed by atoms with Gasteiger partial charge in [0.1, 0.15) is 13.2 Å². The van der Waals surface area contributed by atoms with Crippen LogP contribution in [0.15, 0.2) is 72.9 Å². The summed E-state index contributed by atoms with van der Waals surface area (Å²) in [6, 6.07) is 0. The van der Waals surface area contributed by atoms with E-state index < -0.39 is 6.10 Å². The van der Waals surface area contributed by atoms with Gasteiger partial charge in [0.15, 0.2) is 6.10 Å². The highest BCUT2D eigenvalue weighted by atomic mass is 16.6. The zero-order chi connectivity index (χ0) is 55.7. The first-order valence-electron chi connectivity index (χ1n) is 33.4. The predicted molar refractivity (Wildman–Crippen MR) is 335 cm³/mol. The van der Waals surface area contributed by atoms with E-state index in [-0.39, 0.29) is 31.1 Å². The van der Waals surface area contributed by atoms with Gasteiger partial charge in [-0.05, 0) is 89.9 Å². The van der Waals surface area contributed by atoms with Gasteiger partial charge in [0, 0.05) is 19.3 Å². The molecule has 0 rings (SSSR count). The molecule has 0 aliphatic rings. The van der Waals surface area contributed by atoms with Crippen LogP contribution in [0, 0.1) is 0 Å². The van der Waals surface area contributed by atoms with Gasteiger partial charge in [-0.1, -0.05) is 306 Å². The first kappa shape index (κ1) is 73.8. The van der Waals surface area contributed by atoms with Crippen LogP contribution in [0.2, 0.25) is 0 Å². The molecule has 6 nitrogen and oxygen atoms in total. The van der Waals surface area contributed by atoms with Gasteiger partial charge in [-0.3, -0.25) is 14.4 Å². The Hall–Kier alpha value is -3.15. The van der Waals surface area contributed by atoms with Crippen LogP contribution in [0.1, 0.15) is 342 Å². The number of hydrogen-bond acceptors (Lipinski definition) is 6. The smallest absolute Gasteiger partial charge is 0.306 e. The minimum Gasteiger partial charge on any atom is -0.462 e. The van der Waals surface area contributed by atoms with Gasteiger partial charge in [0.2, 0.25) is 0 Å². The highest BCUT2D eigenvalue weighted by molar-refractivity contribution is 5.71. The second-order valence-electron chi connectivity index (χ2n) is 22.4. The summed E-state index contributed by atoms with van der Waals surface area (Å²) in [5.41, 5.74) is 0. The molecule has 0 aromatic rings. The molecule has 0 aliphatic carbocycles. The predicted octanol–water partition coefficient (Wildman–Crippen LogP) is 22.9. The van der Waals surface area contributed by atoms with Gasteiger partial charge in [-0.25, -0.2) is 0 Å². The topological polar surface area (TPSA) is 78.9 Å². The molecule has 0 amide bonds.